The van der Waals surface area contributed by atoms with E-state index in [0.29, 0.717) is 64.9 Å². The second-order valence-corrected chi connectivity index (χ2v) is 11.3. The average molecular weight is 581 g/mol. The third kappa shape index (κ3) is 5.11. The van der Waals surface area contributed by atoms with Gasteiger partial charge in [-0.1, -0.05) is 18.2 Å². The zero-order valence-electron chi connectivity index (χ0n) is 23.0. The van der Waals surface area contributed by atoms with Gasteiger partial charge in [0.05, 0.1) is 36.2 Å². The van der Waals surface area contributed by atoms with Crippen molar-refractivity contribution in [3.05, 3.63) is 68.7 Å². The van der Waals surface area contributed by atoms with Crippen molar-refractivity contribution in [1.82, 2.24) is 19.4 Å². The Labute approximate surface area is 239 Å². The number of ether oxygens (including phenoxy) is 3. The number of thiophene rings is 1. The summed E-state index contributed by atoms with van der Waals surface area (Å²) in [5, 5.41) is 3.18. The predicted molar refractivity (Wildman–Crippen MR) is 153 cm³/mol. The van der Waals surface area contributed by atoms with Gasteiger partial charge in [-0.3, -0.25) is 14.2 Å². The molecule has 3 aromatic heterocycles. The van der Waals surface area contributed by atoms with E-state index < -0.39 is 23.4 Å². The summed E-state index contributed by atoms with van der Waals surface area (Å²) in [6.07, 6.45) is 4.88. The van der Waals surface area contributed by atoms with Crippen LogP contribution < -0.4 is 21.3 Å². The van der Waals surface area contributed by atoms with E-state index in [4.69, 9.17) is 18.6 Å². The lowest BCUT2D eigenvalue weighted by Gasteiger charge is -2.30. The molecule has 0 radical (unpaired) electrons. The number of para-hydroxylation sites is 1. The SMILES string of the molecule is COc1ccccc1C(Cn1c(=O)n(C2CCCNC2=O)c(=O)c2c(C)c(-c3ncco3)sc21)OC1CCOCC1. The fourth-order valence-electron chi connectivity index (χ4n) is 5.70. The van der Waals surface area contributed by atoms with Crippen molar-refractivity contribution in [1.29, 1.82) is 0 Å². The number of nitrogens with one attached hydrogen (secondary N) is 1. The van der Waals surface area contributed by atoms with Gasteiger partial charge in [0.1, 0.15) is 29.0 Å². The van der Waals surface area contributed by atoms with Gasteiger partial charge < -0.3 is 23.9 Å². The maximum atomic E-state index is 14.3. The Morgan fingerprint density at radius 3 is 2.71 bits per heavy atom. The molecular formula is C29H32N4O7S. The molecule has 2 fully saturated rings. The molecule has 0 spiro atoms. The first-order chi connectivity index (χ1) is 20.0. The van der Waals surface area contributed by atoms with Crippen LogP contribution in [0.5, 0.6) is 5.75 Å². The maximum absolute atomic E-state index is 14.3. The minimum absolute atomic E-state index is 0.0761. The Morgan fingerprint density at radius 1 is 1.17 bits per heavy atom. The molecular weight excluding hydrogens is 548 g/mol. The topological polar surface area (TPSA) is 127 Å². The van der Waals surface area contributed by atoms with Gasteiger partial charge in [0.25, 0.3) is 5.56 Å². The van der Waals surface area contributed by atoms with Crippen molar-refractivity contribution in [2.24, 2.45) is 0 Å². The molecule has 11 nitrogen and oxygen atoms in total. The van der Waals surface area contributed by atoms with E-state index in [-0.39, 0.29) is 18.6 Å². The minimum atomic E-state index is -0.898. The van der Waals surface area contributed by atoms with Gasteiger partial charge in [0.15, 0.2) is 0 Å². The number of amides is 1. The first-order valence-corrected chi connectivity index (χ1v) is 14.6. The number of piperidine rings is 1. The zero-order chi connectivity index (χ0) is 28.5. The molecule has 4 aromatic rings. The highest BCUT2D eigenvalue weighted by atomic mass is 32.1. The molecule has 6 rings (SSSR count). The van der Waals surface area contributed by atoms with Crippen LogP contribution in [0.4, 0.5) is 0 Å². The molecule has 0 saturated carbocycles. The highest BCUT2D eigenvalue weighted by Gasteiger charge is 2.32. The van der Waals surface area contributed by atoms with Crippen LogP contribution in [0.15, 0.2) is 50.7 Å². The summed E-state index contributed by atoms with van der Waals surface area (Å²) in [5.41, 5.74) is 0.389. The number of nitrogens with zero attached hydrogens (tertiary/aromatic N) is 3. The Hall–Kier alpha value is -3.74. The fraction of sp³-hybridized carbons (Fsp3) is 0.448. The summed E-state index contributed by atoms with van der Waals surface area (Å²) >= 11 is 1.27. The quantitative estimate of drug-likeness (QED) is 0.335. The summed E-state index contributed by atoms with van der Waals surface area (Å²) in [6.45, 7) is 3.63. The van der Waals surface area contributed by atoms with E-state index in [1.807, 2.05) is 31.2 Å². The van der Waals surface area contributed by atoms with E-state index in [9.17, 15) is 14.4 Å². The van der Waals surface area contributed by atoms with E-state index >= 15 is 0 Å². The highest BCUT2D eigenvalue weighted by Crippen LogP contribution is 2.37. The Morgan fingerprint density at radius 2 is 1.98 bits per heavy atom. The molecule has 5 heterocycles. The molecule has 216 valence electrons. The third-order valence-electron chi connectivity index (χ3n) is 7.80. The van der Waals surface area contributed by atoms with Gasteiger partial charge in [-0.2, -0.15) is 0 Å². The van der Waals surface area contributed by atoms with E-state index in [1.54, 1.807) is 11.7 Å². The Kier molecular flexibility index (Phi) is 7.78. The lowest BCUT2D eigenvalue weighted by atomic mass is 10.1. The van der Waals surface area contributed by atoms with Crippen molar-refractivity contribution in [3.8, 4) is 16.5 Å². The molecule has 2 aliphatic heterocycles. The lowest BCUT2D eigenvalue weighted by Crippen LogP contribution is -2.49. The Bertz CT molecular complexity index is 1670. The van der Waals surface area contributed by atoms with Gasteiger partial charge >= 0.3 is 5.69 Å². The number of carbonyl (C=O) groups excluding carboxylic acids is 1. The van der Waals surface area contributed by atoms with Crippen molar-refractivity contribution >= 4 is 27.5 Å². The second-order valence-electron chi connectivity index (χ2n) is 10.3. The summed E-state index contributed by atoms with van der Waals surface area (Å²) in [5.74, 6) is 0.669. The van der Waals surface area contributed by atoms with E-state index in [2.05, 4.69) is 10.3 Å². The van der Waals surface area contributed by atoms with Crippen molar-refractivity contribution in [2.45, 2.75) is 57.4 Å². The number of hydrogen-bond acceptors (Lipinski definition) is 9. The monoisotopic (exact) mass is 580 g/mol. The molecule has 2 unspecified atom stereocenters. The standard InChI is InChI=1S/C29H32N4O7S/c1-17-23-27(35)33(20-7-5-11-30-25(20)34)29(36)32(28(23)41-24(17)26-31-12-15-39-26)16-22(40-18-9-13-38-14-10-18)19-6-3-4-8-21(19)37-2/h3-4,6,8,12,15,18,20,22H,5,7,9-11,13-14,16H2,1-2H3,(H,30,34). The first-order valence-electron chi connectivity index (χ1n) is 13.8. The van der Waals surface area contributed by atoms with Crippen LogP contribution in [-0.2, 0) is 20.8 Å². The number of aryl methyl sites for hydroxylation is 1. The number of benzene rings is 1. The summed E-state index contributed by atoms with van der Waals surface area (Å²) < 4.78 is 26.1. The van der Waals surface area contributed by atoms with Crippen LogP contribution in [0.25, 0.3) is 21.0 Å². The third-order valence-corrected chi connectivity index (χ3v) is 9.10. The summed E-state index contributed by atoms with van der Waals surface area (Å²) in [4.78, 5) is 46.6. The smallest absolute Gasteiger partial charge is 0.332 e. The molecule has 0 bridgehead atoms. The minimum Gasteiger partial charge on any atom is -0.496 e. The van der Waals surface area contributed by atoms with E-state index in [0.717, 1.165) is 23.0 Å². The molecule has 2 aliphatic rings. The molecule has 1 amide bonds. The molecule has 2 saturated heterocycles. The van der Waals surface area contributed by atoms with Gasteiger partial charge in [0.2, 0.25) is 11.8 Å². The van der Waals surface area contributed by atoms with Crippen molar-refractivity contribution in [2.75, 3.05) is 26.9 Å². The molecule has 0 aliphatic carbocycles. The van der Waals surface area contributed by atoms with Crippen LogP contribution >= 0.6 is 11.3 Å². The van der Waals surface area contributed by atoms with Crippen LogP contribution in [-0.4, -0.2) is 53.0 Å². The second kappa shape index (κ2) is 11.6. The number of fused-ring (bicyclic) bond motifs is 1. The maximum Gasteiger partial charge on any atom is 0.332 e. The van der Waals surface area contributed by atoms with Crippen molar-refractivity contribution in [3.63, 3.8) is 0 Å². The van der Waals surface area contributed by atoms with Crippen LogP contribution in [0.2, 0.25) is 0 Å². The fourth-order valence-corrected chi connectivity index (χ4v) is 6.94. The van der Waals surface area contributed by atoms with Gasteiger partial charge in [0, 0.05) is 25.3 Å². The number of oxazole rings is 1. The number of hydrogen-bond donors (Lipinski definition) is 1. The largest absolute Gasteiger partial charge is 0.496 e. The lowest BCUT2D eigenvalue weighted by molar-refractivity contribution is -0.126. The van der Waals surface area contributed by atoms with Gasteiger partial charge in [-0.05, 0) is 44.2 Å². The highest BCUT2D eigenvalue weighted by molar-refractivity contribution is 7.22. The van der Waals surface area contributed by atoms with Gasteiger partial charge in [-0.25, -0.2) is 14.3 Å². The molecule has 1 aromatic carbocycles. The molecule has 2 atom stereocenters. The van der Waals surface area contributed by atoms with Crippen LogP contribution in [0.1, 0.15) is 49.0 Å². The molecule has 1 N–H and O–H groups in total. The van der Waals surface area contributed by atoms with Gasteiger partial charge in [-0.15, -0.1) is 11.3 Å². The average Bonchev–Trinajstić information content (AvgIpc) is 3.64. The predicted octanol–water partition coefficient (Wildman–Crippen LogP) is 3.58. The van der Waals surface area contributed by atoms with Crippen LogP contribution in [0, 0.1) is 6.92 Å². The zero-order valence-corrected chi connectivity index (χ0v) is 23.8. The molecule has 41 heavy (non-hydrogen) atoms. The van der Waals surface area contributed by atoms with Crippen LogP contribution in [0.3, 0.4) is 0 Å². The Balaban J connectivity index is 1.56. The molecule has 12 heteroatoms. The number of rotatable bonds is 8. The number of methoxy groups -OCH3 is 1. The van der Waals surface area contributed by atoms with E-state index in [1.165, 1.54) is 23.8 Å². The first kappa shape index (κ1) is 27.4. The summed E-state index contributed by atoms with van der Waals surface area (Å²) in [6, 6.07) is 6.67. The van der Waals surface area contributed by atoms with Crippen molar-refractivity contribution < 1.29 is 23.4 Å². The normalized spacial score (nSPS) is 18.9. The number of carbonyl (C=O) groups is 1. The summed E-state index contributed by atoms with van der Waals surface area (Å²) in [7, 11) is 1.60. The number of aromatic nitrogens is 3.